The number of benzene rings is 2. The van der Waals surface area contributed by atoms with Crippen molar-refractivity contribution in [2.24, 2.45) is 0 Å². The van der Waals surface area contributed by atoms with Crippen LogP contribution in [0.4, 0.5) is 0 Å². The molecular formula is C24H24O12. The predicted octanol–water partition coefficient (Wildman–Crippen LogP) is 0.130. The maximum atomic E-state index is 12.1. The van der Waals surface area contributed by atoms with Gasteiger partial charge in [-0.2, -0.15) is 0 Å². The zero-order valence-corrected chi connectivity index (χ0v) is 18.5. The summed E-state index contributed by atoms with van der Waals surface area (Å²) in [5.41, 5.74) is 0.737. The lowest BCUT2D eigenvalue weighted by molar-refractivity contribution is -0.291. The van der Waals surface area contributed by atoms with Gasteiger partial charge in [0.1, 0.15) is 31.0 Å². The van der Waals surface area contributed by atoms with Crippen molar-refractivity contribution in [2.75, 3.05) is 6.61 Å². The number of aliphatic hydroxyl groups is 3. The highest BCUT2D eigenvalue weighted by molar-refractivity contribution is 5.87. The molecule has 0 saturated carbocycles. The van der Waals surface area contributed by atoms with E-state index >= 15 is 0 Å². The van der Waals surface area contributed by atoms with Crippen molar-refractivity contribution in [1.29, 1.82) is 0 Å². The van der Waals surface area contributed by atoms with Crippen LogP contribution < -0.4 is 0 Å². The minimum atomic E-state index is -1.80. The Bertz CT molecular complexity index is 1160. The first-order valence-electron chi connectivity index (χ1n) is 10.5. The average Bonchev–Trinajstić information content (AvgIpc) is 2.85. The van der Waals surface area contributed by atoms with E-state index in [2.05, 4.69) is 0 Å². The number of rotatable bonds is 7. The molecule has 0 amide bonds. The van der Waals surface area contributed by atoms with E-state index in [9.17, 15) is 45.3 Å². The molecule has 1 aliphatic heterocycles. The summed E-state index contributed by atoms with van der Waals surface area (Å²) >= 11 is 0. The van der Waals surface area contributed by atoms with Crippen molar-refractivity contribution < 1.29 is 59.5 Å². The Kier molecular flexibility index (Phi) is 8.51. The van der Waals surface area contributed by atoms with E-state index < -0.39 is 55.0 Å². The molecule has 0 spiro atoms. The van der Waals surface area contributed by atoms with Crippen LogP contribution in [0.5, 0.6) is 23.0 Å². The molecule has 1 fully saturated rings. The molecule has 36 heavy (non-hydrogen) atoms. The number of carbonyl (C=O) groups is 2. The standard InChI is InChI=1S/C24H24O12/c25-14-5-1-12(9-16(14)27)3-7-19(29)34-11-18-21(31)22(32)23(33)24(35-18)36-20(30)8-4-13-2-6-15(26)17(28)10-13/h1-10,18,21-28,31-33H,11H2/t18-,21+,22-,23+,24-/m0/s1. The second kappa shape index (κ2) is 11.6. The second-order valence-electron chi connectivity index (χ2n) is 7.74. The van der Waals surface area contributed by atoms with Gasteiger partial charge < -0.3 is 50.0 Å². The smallest absolute Gasteiger partial charge is 0.333 e. The Balaban J connectivity index is 1.57. The molecule has 1 heterocycles. The molecule has 0 unspecified atom stereocenters. The van der Waals surface area contributed by atoms with Gasteiger partial charge in [0.05, 0.1) is 0 Å². The molecule has 3 rings (SSSR count). The summed E-state index contributed by atoms with van der Waals surface area (Å²) in [6.45, 7) is -0.564. The largest absolute Gasteiger partial charge is 0.504 e. The molecule has 1 aliphatic rings. The number of ether oxygens (including phenoxy) is 3. The van der Waals surface area contributed by atoms with E-state index in [1.165, 1.54) is 48.6 Å². The fourth-order valence-corrected chi connectivity index (χ4v) is 3.13. The van der Waals surface area contributed by atoms with Gasteiger partial charge in [-0.05, 0) is 47.5 Å². The van der Waals surface area contributed by atoms with Crippen LogP contribution in [0.1, 0.15) is 11.1 Å². The maximum Gasteiger partial charge on any atom is 0.333 e. The van der Waals surface area contributed by atoms with Gasteiger partial charge in [0.25, 0.3) is 0 Å². The Morgan fingerprint density at radius 3 is 1.81 bits per heavy atom. The topological polar surface area (TPSA) is 203 Å². The first-order valence-corrected chi connectivity index (χ1v) is 10.5. The monoisotopic (exact) mass is 504 g/mol. The number of aromatic hydroxyl groups is 4. The highest BCUT2D eigenvalue weighted by Crippen LogP contribution is 2.27. The van der Waals surface area contributed by atoms with Crippen molar-refractivity contribution in [1.82, 2.24) is 0 Å². The van der Waals surface area contributed by atoms with Crippen LogP contribution in [-0.4, -0.2) is 85.0 Å². The van der Waals surface area contributed by atoms with E-state index in [4.69, 9.17) is 14.2 Å². The summed E-state index contributed by atoms with van der Waals surface area (Å²) in [5, 5.41) is 67.9. The summed E-state index contributed by atoms with van der Waals surface area (Å²) in [6.07, 6.45) is -3.81. The third kappa shape index (κ3) is 6.73. The van der Waals surface area contributed by atoms with Crippen LogP contribution in [-0.2, 0) is 23.8 Å². The molecule has 0 aliphatic carbocycles. The summed E-state index contributed by atoms with van der Waals surface area (Å²) in [4.78, 5) is 24.1. The van der Waals surface area contributed by atoms with E-state index in [0.717, 1.165) is 12.2 Å². The number of phenols is 4. The van der Waals surface area contributed by atoms with E-state index in [1.807, 2.05) is 0 Å². The Labute approximate surface area is 204 Å². The van der Waals surface area contributed by atoms with Crippen molar-refractivity contribution in [3.8, 4) is 23.0 Å². The number of hydrogen-bond acceptors (Lipinski definition) is 12. The van der Waals surface area contributed by atoms with Crippen LogP contribution in [0, 0.1) is 0 Å². The van der Waals surface area contributed by atoms with Gasteiger partial charge in [0.2, 0.25) is 6.29 Å². The molecule has 0 aromatic heterocycles. The molecule has 12 nitrogen and oxygen atoms in total. The van der Waals surface area contributed by atoms with Crippen LogP contribution in [0.15, 0.2) is 48.6 Å². The first-order chi connectivity index (χ1) is 17.0. The predicted molar refractivity (Wildman–Crippen MR) is 121 cm³/mol. The Morgan fingerprint density at radius 1 is 0.750 bits per heavy atom. The number of aliphatic hydroxyl groups excluding tert-OH is 3. The SMILES string of the molecule is O=C(C=Cc1ccc(O)c(O)c1)OC[C@@H]1O[C@@H](OC(=O)C=Cc2ccc(O)c(O)c2)[C@H](O)[C@@H](O)[C@@H]1O. The molecule has 2 aromatic carbocycles. The summed E-state index contributed by atoms with van der Waals surface area (Å²) in [7, 11) is 0. The lowest BCUT2D eigenvalue weighted by atomic mass is 9.99. The third-order valence-corrected chi connectivity index (χ3v) is 5.11. The number of phenolic OH excluding ortho intramolecular Hbond substituents is 4. The highest BCUT2D eigenvalue weighted by atomic mass is 16.7. The van der Waals surface area contributed by atoms with Gasteiger partial charge in [-0.15, -0.1) is 0 Å². The van der Waals surface area contributed by atoms with Crippen LogP contribution in [0.25, 0.3) is 12.2 Å². The van der Waals surface area contributed by atoms with Crippen LogP contribution >= 0.6 is 0 Å². The number of hydrogen-bond donors (Lipinski definition) is 7. The molecule has 192 valence electrons. The minimum Gasteiger partial charge on any atom is -0.504 e. The fraction of sp³-hybridized carbons (Fsp3) is 0.250. The first kappa shape index (κ1) is 26.5. The highest BCUT2D eigenvalue weighted by Gasteiger charge is 2.45. The molecular weight excluding hydrogens is 480 g/mol. The van der Waals surface area contributed by atoms with Crippen LogP contribution in [0.3, 0.4) is 0 Å². The Morgan fingerprint density at radius 2 is 1.28 bits per heavy atom. The zero-order chi connectivity index (χ0) is 26.4. The molecule has 5 atom stereocenters. The quantitative estimate of drug-likeness (QED) is 0.153. The van der Waals surface area contributed by atoms with Gasteiger partial charge >= 0.3 is 11.9 Å². The summed E-state index contributed by atoms with van der Waals surface area (Å²) < 4.78 is 15.3. The van der Waals surface area contributed by atoms with E-state index in [0.29, 0.717) is 11.1 Å². The molecule has 0 bridgehead atoms. The fourth-order valence-electron chi connectivity index (χ4n) is 3.13. The summed E-state index contributed by atoms with van der Waals surface area (Å²) in [5.74, 6) is -3.32. The maximum absolute atomic E-state index is 12.1. The second-order valence-corrected chi connectivity index (χ2v) is 7.74. The number of esters is 2. The average molecular weight is 504 g/mol. The van der Waals surface area contributed by atoms with Gasteiger partial charge in [-0.25, -0.2) is 9.59 Å². The zero-order valence-electron chi connectivity index (χ0n) is 18.5. The van der Waals surface area contributed by atoms with Gasteiger partial charge in [-0.3, -0.25) is 0 Å². The van der Waals surface area contributed by atoms with E-state index in [1.54, 1.807) is 0 Å². The molecule has 2 aromatic rings. The van der Waals surface area contributed by atoms with Crippen LogP contribution in [0.2, 0.25) is 0 Å². The van der Waals surface area contributed by atoms with Crippen molar-refractivity contribution in [3.63, 3.8) is 0 Å². The van der Waals surface area contributed by atoms with Crippen molar-refractivity contribution in [3.05, 3.63) is 59.7 Å². The van der Waals surface area contributed by atoms with E-state index in [-0.39, 0.29) is 17.2 Å². The minimum absolute atomic E-state index is 0.329. The number of carbonyl (C=O) groups excluding carboxylic acids is 2. The lowest BCUT2D eigenvalue weighted by Crippen LogP contribution is -2.59. The molecule has 0 radical (unpaired) electrons. The van der Waals surface area contributed by atoms with Gasteiger partial charge in [0, 0.05) is 12.2 Å². The third-order valence-electron chi connectivity index (χ3n) is 5.11. The lowest BCUT2D eigenvalue weighted by Gasteiger charge is -2.39. The molecule has 12 heteroatoms. The van der Waals surface area contributed by atoms with Crippen molar-refractivity contribution in [2.45, 2.75) is 30.7 Å². The summed E-state index contributed by atoms with van der Waals surface area (Å²) in [6, 6.07) is 7.68. The van der Waals surface area contributed by atoms with Gasteiger partial charge in [-0.1, -0.05) is 12.1 Å². The molecule has 1 saturated heterocycles. The van der Waals surface area contributed by atoms with Gasteiger partial charge in [0.15, 0.2) is 23.0 Å². The Hall–Kier alpha value is -4.10. The molecule has 7 N–H and O–H groups in total. The van der Waals surface area contributed by atoms with Crippen molar-refractivity contribution >= 4 is 24.1 Å². The normalized spacial score (nSPS) is 24.1.